The van der Waals surface area contributed by atoms with E-state index in [-0.39, 0.29) is 11.4 Å². The zero-order valence-corrected chi connectivity index (χ0v) is 14.9. The van der Waals surface area contributed by atoms with Gasteiger partial charge < -0.3 is 0 Å². The Morgan fingerprint density at radius 1 is 1.08 bits per heavy atom. The van der Waals surface area contributed by atoms with Crippen molar-refractivity contribution >= 4 is 43.0 Å². The molecule has 0 unspecified atom stereocenters. The van der Waals surface area contributed by atoms with Crippen LogP contribution in [0.1, 0.15) is 11.1 Å². The van der Waals surface area contributed by atoms with Crippen molar-refractivity contribution in [1.29, 1.82) is 0 Å². The second-order valence-corrected chi connectivity index (χ2v) is 8.36. The number of rotatable bonds is 4. The Morgan fingerprint density at radius 3 is 2.40 bits per heavy atom. The van der Waals surface area contributed by atoms with Gasteiger partial charge in [0.15, 0.2) is 0 Å². The molecule has 1 N–H and O–H groups in total. The second kappa shape index (κ2) is 6.60. The molecule has 0 atom stereocenters. The smallest absolute Gasteiger partial charge is 0.207 e. The lowest BCUT2D eigenvalue weighted by Crippen LogP contribution is -2.23. The van der Waals surface area contributed by atoms with Crippen LogP contribution in [0.5, 0.6) is 0 Å². The molecule has 0 aliphatic rings. The lowest BCUT2D eigenvalue weighted by atomic mass is 10.2. The van der Waals surface area contributed by atoms with Crippen LogP contribution in [0.15, 0.2) is 52.7 Å². The summed E-state index contributed by atoms with van der Waals surface area (Å²) < 4.78 is 65.6. The number of fused-ring (bicyclic) bond motifs is 1. The number of sulfonamides is 1. The average Bonchev–Trinajstić information content (AvgIpc) is 2.94. The summed E-state index contributed by atoms with van der Waals surface area (Å²) in [5.41, 5.74) is -0.150. The highest BCUT2D eigenvalue weighted by molar-refractivity contribution is 7.89. The minimum absolute atomic E-state index is 0.0176. The molecule has 1 heterocycles. The van der Waals surface area contributed by atoms with Crippen molar-refractivity contribution < 1.29 is 21.6 Å². The summed E-state index contributed by atoms with van der Waals surface area (Å²) in [4.78, 5) is -0.224. The van der Waals surface area contributed by atoms with Crippen LogP contribution in [0.2, 0.25) is 5.02 Å². The van der Waals surface area contributed by atoms with Gasteiger partial charge in [-0.25, -0.2) is 13.1 Å². The number of thiophene rings is 1. The number of halogens is 4. The molecule has 2 aromatic carbocycles. The van der Waals surface area contributed by atoms with Crippen LogP contribution in [0.3, 0.4) is 0 Å². The van der Waals surface area contributed by atoms with Crippen molar-refractivity contribution in [1.82, 2.24) is 4.72 Å². The fourth-order valence-corrected chi connectivity index (χ4v) is 4.39. The number of hydrogen-bond donors (Lipinski definition) is 1. The van der Waals surface area contributed by atoms with Gasteiger partial charge in [0.2, 0.25) is 10.0 Å². The van der Waals surface area contributed by atoms with Gasteiger partial charge in [-0.2, -0.15) is 13.2 Å². The van der Waals surface area contributed by atoms with E-state index >= 15 is 0 Å². The third kappa shape index (κ3) is 3.98. The van der Waals surface area contributed by atoms with Crippen molar-refractivity contribution in [3.8, 4) is 0 Å². The van der Waals surface area contributed by atoms with E-state index in [0.29, 0.717) is 5.02 Å². The Balaban J connectivity index is 1.80. The molecule has 9 heteroatoms. The first-order chi connectivity index (χ1) is 11.7. The summed E-state index contributed by atoms with van der Waals surface area (Å²) >= 11 is 7.41. The fourth-order valence-electron chi connectivity index (χ4n) is 2.27. The minimum Gasteiger partial charge on any atom is -0.207 e. The summed E-state index contributed by atoms with van der Waals surface area (Å²) in [6.45, 7) is 0.0176. The molecule has 3 rings (SSSR count). The molecule has 0 amide bonds. The maximum absolute atomic E-state index is 12.6. The predicted molar refractivity (Wildman–Crippen MR) is 92.3 cm³/mol. The molecule has 25 heavy (non-hydrogen) atoms. The molecule has 0 aliphatic heterocycles. The van der Waals surface area contributed by atoms with Gasteiger partial charge in [-0.15, -0.1) is 11.3 Å². The predicted octanol–water partition coefficient (Wildman–Crippen LogP) is 5.05. The van der Waals surface area contributed by atoms with Crippen molar-refractivity contribution in [2.75, 3.05) is 0 Å². The molecule has 0 fully saturated rings. The van der Waals surface area contributed by atoms with Crippen LogP contribution in [0.4, 0.5) is 13.2 Å². The van der Waals surface area contributed by atoms with Gasteiger partial charge in [0.1, 0.15) is 0 Å². The van der Waals surface area contributed by atoms with Crippen LogP contribution >= 0.6 is 22.9 Å². The molecule has 3 nitrogen and oxygen atoms in total. The molecule has 0 spiro atoms. The number of benzene rings is 2. The largest absolute Gasteiger partial charge is 0.416 e. The number of nitrogens with one attached hydrogen (secondary N) is 1. The highest BCUT2D eigenvalue weighted by Crippen LogP contribution is 2.30. The van der Waals surface area contributed by atoms with Crippen LogP contribution in [-0.4, -0.2) is 8.42 Å². The van der Waals surface area contributed by atoms with E-state index in [4.69, 9.17) is 11.6 Å². The monoisotopic (exact) mass is 405 g/mol. The topological polar surface area (TPSA) is 46.2 Å². The summed E-state index contributed by atoms with van der Waals surface area (Å²) in [7, 11) is -3.92. The van der Waals surface area contributed by atoms with Crippen molar-refractivity contribution in [2.24, 2.45) is 0 Å². The Morgan fingerprint density at radius 2 is 1.76 bits per heavy atom. The molecule has 0 aliphatic carbocycles. The number of alkyl halides is 3. The Bertz CT molecular complexity index is 1010. The van der Waals surface area contributed by atoms with Gasteiger partial charge in [0.05, 0.1) is 10.5 Å². The van der Waals surface area contributed by atoms with E-state index in [1.54, 1.807) is 12.1 Å². The van der Waals surface area contributed by atoms with Gasteiger partial charge in [-0.05, 0) is 58.8 Å². The first kappa shape index (κ1) is 18.2. The summed E-state index contributed by atoms with van der Waals surface area (Å²) in [6, 6.07) is 8.70. The highest BCUT2D eigenvalue weighted by Gasteiger charge is 2.30. The first-order valence-electron chi connectivity index (χ1n) is 6.99. The van der Waals surface area contributed by atoms with E-state index in [1.807, 2.05) is 11.4 Å². The van der Waals surface area contributed by atoms with Crippen LogP contribution in [0, 0.1) is 0 Å². The van der Waals surface area contributed by atoms with E-state index in [2.05, 4.69) is 4.72 Å². The zero-order chi connectivity index (χ0) is 18.2. The van der Waals surface area contributed by atoms with E-state index in [0.717, 1.165) is 39.9 Å². The SMILES string of the molecule is O=S(=O)(NCc1csc2ccc(Cl)cc12)c1ccc(C(F)(F)F)cc1. The Hall–Kier alpha value is -1.61. The Kier molecular flexibility index (Phi) is 4.80. The third-order valence-electron chi connectivity index (χ3n) is 3.56. The van der Waals surface area contributed by atoms with Crippen molar-refractivity contribution in [3.63, 3.8) is 0 Å². The van der Waals surface area contributed by atoms with Gasteiger partial charge >= 0.3 is 6.18 Å². The molecule has 132 valence electrons. The molecule has 3 aromatic rings. The van der Waals surface area contributed by atoms with E-state index in [1.165, 1.54) is 11.3 Å². The summed E-state index contributed by atoms with van der Waals surface area (Å²) in [5.74, 6) is 0. The van der Waals surface area contributed by atoms with E-state index < -0.39 is 21.8 Å². The molecule has 0 saturated heterocycles. The third-order valence-corrected chi connectivity index (χ3v) is 6.22. The quantitative estimate of drug-likeness (QED) is 0.660. The van der Waals surface area contributed by atoms with Gasteiger partial charge in [-0.3, -0.25) is 0 Å². The standard InChI is InChI=1S/C16H11ClF3NO2S2/c17-12-3-6-15-14(7-12)10(9-24-15)8-21-25(22,23)13-4-1-11(2-5-13)16(18,19)20/h1-7,9,21H,8H2. The molecular formula is C16H11ClF3NO2S2. The molecule has 0 bridgehead atoms. The van der Waals surface area contributed by atoms with Gasteiger partial charge in [-0.1, -0.05) is 11.6 Å². The highest BCUT2D eigenvalue weighted by atomic mass is 35.5. The van der Waals surface area contributed by atoms with Crippen LogP contribution in [0.25, 0.3) is 10.1 Å². The first-order valence-corrected chi connectivity index (χ1v) is 9.73. The average molecular weight is 406 g/mol. The summed E-state index contributed by atoms with van der Waals surface area (Å²) in [6.07, 6.45) is -4.51. The second-order valence-electron chi connectivity index (χ2n) is 5.25. The lowest BCUT2D eigenvalue weighted by molar-refractivity contribution is -0.137. The minimum atomic E-state index is -4.51. The maximum atomic E-state index is 12.6. The summed E-state index contributed by atoms with van der Waals surface area (Å²) in [5, 5.41) is 3.20. The lowest BCUT2D eigenvalue weighted by Gasteiger charge is -2.09. The number of hydrogen-bond acceptors (Lipinski definition) is 3. The van der Waals surface area contributed by atoms with Gasteiger partial charge in [0, 0.05) is 16.3 Å². The fraction of sp³-hybridized carbons (Fsp3) is 0.125. The molecule has 0 radical (unpaired) electrons. The van der Waals surface area contributed by atoms with Crippen molar-refractivity contribution in [2.45, 2.75) is 17.6 Å². The molecular weight excluding hydrogens is 395 g/mol. The zero-order valence-electron chi connectivity index (χ0n) is 12.5. The van der Waals surface area contributed by atoms with Crippen molar-refractivity contribution in [3.05, 3.63) is 64.0 Å². The van der Waals surface area contributed by atoms with Gasteiger partial charge in [0.25, 0.3) is 0 Å². The normalized spacial score (nSPS) is 12.6. The maximum Gasteiger partial charge on any atom is 0.416 e. The van der Waals surface area contributed by atoms with Crippen LogP contribution < -0.4 is 4.72 Å². The molecule has 1 aromatic heterocycles. The Labute approximate surface area is 151 Å². The molecule has 0 saturated carbocycles. The van der Waals surface area contributed by atoms with E-state index in [9.17, 15) is 21.6 Å². The van der Waals surface area contributed by atoms with Crippen LogP contribution in [-0.2, 0) is 22.7 Å².